The minimum absolute atomic E-state index is 0.0815. The number of carboxylic acid groups (broad SMARTS) is 1. The lowest BCUT2D eigenvalue weighted by Crippen LogP contribution is -2.41. The van der Waals surface area contributed by atoms with Crippen LogP contribution in [0, 0.1) is 0 Å². The van der Waals surface area contributed by atoms with Crippen molar-refractivity contribution in [1.82, 2.24) is 9.88 Å². The molecule has 1 saturated heterocycles. The average molecular weight is 288 g/mol. The first-order valence-corrected chi connectivity index (χ1v) is 6.81. The molecule has 1 amide bonds. The maximum Gasteiger partial charge on any atom is 0.326 e. The molecule has 6 nitrogen and oxygen atoms in total. The number of aromatic nitrogens is 1. The van der Waals surface area contributed by atoms with Gasteiger partial charge in [0.1, 0.15) is 6.04 Å². The van der Waals surface area contributed by atoms with E-state index in [1.165, 1.54) is 4.90 Å². The third-order valence-corrected chi connectivity index (χ3v) is 3.90. The number of aliphatic hydroxyl groups excluding tert-OH is 1. The average Bonchev–Trinajstić information content (AvgIpc) is 3.03. The summed E-state index contributed by atoms with van der Waals surface area (Å²) < 4.78 is 0. The summed E-state index contributed by atoms with van der Waals surface area (Å²) in [7, 11) is 0. The fourth-order valence-electron chi connectivity index (χ4n) is 2.87. The highest BCUT2D eigenvalue weighted by Crippen LogP contribution is 2.22. The normalized spacial score (nSPS) is 21.9. The van der Waals surface area contributed by atoms with Gasteiger partial charge >= 0.3 is 5.97 Å². The van der Waals surface area contributed by atoms with E-state index in [1.807, 2.05) is 24.3 Å². The molecule has 0 aliphatic carbocycles. The number of aromatic amines is 1. The molecule has 3 rings (SSSR count). The Labute approximate surface area is 121 Å². The lowest BCUT2D eigenvalue weighted by molar-refractivity contribution is -0.147. The monoisotopic (exact) mass is 288 g/mol. The molecule has 1 aromatic heterocycles. The second kappa shape index (κ2) is 5.21. The molecule has 0 radical (unpaired) electrons. The molecule has 6 heteroatoms. The van der Waals surface area contributed by atoms with E-state index in [4.69, 9.17) is 5.11 Å². The van der Waals surface area contributed by atoms with Gasteiger partial charge in [-0.25, -0.2) is 4.79 Å². The number of fused-ring (bicyclic) bond motifs is 1. The molecule has 2 atom stereocenters. The van der Waals surface area contributed by atoms with Crippen molar-refractivity contribution in [3.63, 3.8) is 0 Å². The van der Waals surface area contributed by atoms with Gasteiger partial charge in [-0.1, -0.05) is 18.2 Å². The predicted molar refractivity (Wildman–Crippen MR) is 75.8 cm³/mol. The largest absolute Gasteiger partial charge is 0.480 e. The van der Waals surface area contributed by atoms with Gasteiger partial charge in [0, 0.05) is 30.1 Å². The van der Waals surface area contributed by atoms with Gasteiger partial charge in [0.2, 0.25) is 5.91 Å². The lowest BCUT2D eigenvalue weighted by Gasteiger charge is -2.21. The molecule has 1 aromatic carbocycles. The molecule has 2 heterocycles. The van der Waals surface area contributed by atoms with Crippen molar-refractivity contribution in [2.24, 2.45) is 0 Å². The molecule has 0 saturated carbocycles. The Hall–Kier alpha value is -2.34. The molecule has 3 N–H and O–H groups in total. The van der Waals surface area contributed by atoms with Gasteiger partial charge in [-0.05, 0) is 11.6 Å². The zero-order valence-corrected chi connectivity index (χ0v) is 11.3. The van der Waals surface area contributed by atoms with Crippen LogP contribution < -0.4 is 0 Å². The summed E-state index contributed by atoms with van der Waals surface area (Å²) in [5.41, 5.74) is 1.78. The zero-order valence-electron chi connectivity index (χ0n) is 11.3. The van der Waals surface area contributed by atoms with Gasteiger partial charge < -0.3 is 20.1 Å². The van der Waals surface area contributed by atoms with Gasteiger partial charge in [-0.15, -0.1) is 0 Å². The van der Waals surface area contributed by atoms with E-state index in [1.54, 1.807) is 6.20 Å². The van der Waals surface area contributed by atoms with Crippen LogP contribution in [0.4, 0.5) is 0 Å². The predicted octanol–water partition coefficient (Wildman–Crippen LogP) is 0.757. The minimum Gasteiger partial charge on any atom is -0.480 e. The number of hydrogen-bond donors (Lipinski definition) is 3. The number of nitrogens with zero attached hydrogens (tertiary/aromatic N) is 1. The Bertz CT molecular complexity index is 694. The third-order valence-electron chi connectivity index (χ3n) is 3.90. The van der Waals surface area contributed by atoms with Crippen LogP contribution in [0.3, 0.4) is 0 Å². The summed E-state index contributed by atoms with van der Waals surface area (Å²) in [4.78, 5) is 27.9. The summed E-state index contributed by atoms with van der Waals surface area (Å²) in [5.74, 6) is -1.34. The van der Waals surface area contributed by atoms with E-state index in [2.05, 4.69) is 4.98 Å². The standard InChI is InChI=1S/C15H16N2O4/c18-10-6-13(15(20)21)17(8-10)14(19)5-9-7-16-12-4-2-1-3-11(9)12/h1-4,7,10,13,16,18H,5-6,8H2,(H,20,21)/t10-,13-/m0/s1. The third kappa shape index (κ3) is 2.50. The van der Waals surface area contributed by atoms with Crippen LogP contribution >= 0.6 is 0 Å². The minimum atomic E-state index is -1.07. The number of aliphatic carboxylic acids is 1. The van der Waals surface area contributed by atoms with Crippen LogP contribution in [0.25, 0.3) is 10.9 Å². The summed E-state index contributed by atoms with van der Waals surface area (Å²) in [6.45, 7) is 0.0815. The van der Waals surface area contributed by atoms with Crippen molar-refractivity contribution >= 4 is 22.8 Å². The van der Waals surface area contributed by atoms with Gasteiger partial charge in [0.25, 0.3) is 0 Å². The first kappa shape index (κ1) is 13.6. The fraction of sp³-hybridized carbons (Fsp3) is 0.333. The number of amides is 1. The number of hydrogen-bond acceptors (Lipinski definition) is 3. The smallest absolute Gasteiger partial charge is 0.326 e. The van der Waals surface area contributed by atoms with Crippen LogP contribution in [0.15, 0.2) is 30.5 Å². The summed E-state index contributed by atoms with van der Waals surface area (Å²) in [5, 5.41) is 19.7. The number of nitrogens with one attached hydrogen (secondary N) is 1. The highest BCUT2D eigenvalue weighted by molar-refractivity contribution is 5.91. The second-order valence-corrected chi connectivity index (χ2v) is 5.33. The topological polar surface area (TPSA) is 93.6 Å². The van der Waals surface area contributed by atoms with E-state index in [9.17, 15) is 14.7 Å². The second-order valence-electron chi connectivity index (χ2n) is 5.33. The number of likely N-dealkylation sites (tertiary alicyclic amines) is 1. The van der Waals surface area contributed by atoms with Crippen molar-refractivity contribution in [3.05, 3.63) is 36.0 Å². The molecule has 1 aliphatic rings. The molecule has 0 bridgehead atoms. The Morgan fingerprint density at radius 3 is 2.86 bits per heavy atom. The first-order chi connectivity index (χ1) is 10.1. The number of para-hydroxylation sites is 1. The van der Waals surface area contributed by atoms with Gasteiger partial charge in [0.05, 0.1) is 12.5 Å². The van der Waals surface area contributed by atoms with Crippen LogP contribution in [0.1, 0.15) is 12.0 Å². The quantitative estimate of drug-likeness (QED) is 0.777. The number of benzene rings is 1. The van der Waals surface area contributed by atoms with E-state index in [-0.39, 0.29) is 25.3 Å². The molecule has 0 unspecified atom stereocenters. The van der Waals surface area contributed by atoms with Crippen molar-refractivity contribution in [2.45, 2.75) is 25.0 Å². The Kier molecular flexibility index (Phi) is 3.39. The number of carboxylic acids is 1. The van der Waals surface area contributed by atoms with Gasteiger partial charge in [0.15, 0.2) is 0 Å². The van der Waals surface area contributed by atoms with Gasteiger partial charge in [-0.3, -0.25) is 4.79 Å². The number of carbonyl (C=O) groups excluding carboxylic acids is 1. The number of carbonyl (C=O) groups is 2. The van der Waals surface area contributed by atoms with Crippen LogP contribution in [-0.4, -0.2) is 50.7 Å². The maximum absolute atomic E-state index is 12.4. The zero-order chi connectivity index (χ0) is 15.0. The van der Waals surface area contributed by atoms with Crippen molar-refractivity contribution < 1.29 is 19.8 Å². The highest BCUT2D eigenvalue weighted by Gasteiger charge is 2.38. The molecule has 1 fully saturated rings. The van der Waals surface area contributed by atoms with Crippen LogP contribution in [0.2, 0.25) is 0 Å². The molecular weight excluding hydrogens is 272 g/mol. The molecular formula is C15H16N2O4. The lowest BCUT2D eigenvalue weighted by atomic mass is 10.1. The first-order valence-electron chi connectivity index (χ1n) is 6.81. The fourth-order valence-corrected chi connectivity index (χ4v) is 2.87. The summed E-state index contributed by atoms with van der Waals surface area (Å²) in [6.07, 6.45) is 1.22. The molecule has 21 heavy (non-hydrogen) atoms. The van der Waals surface area contributed by atoms with E-state index in [0.717, 1.165) is 16.5 Å². The van der Waals surface area contributed by atoms with Crippen molar-refractivity contribution in [1.29, 1.82) is 0 Å². The maximum atomic E-state index is 12.4. The number of β-amino-alcohol motifs (C(OH)–C–C–N with tert-alkyl or cyclic N) is 1. The Balaban J connectivity index is 1.81. The van der Waals surface area contributed by atoms with Crippen molar-refractivity contribution in [2.75, 3.05) is 6.54 Å². The molecule has 110 valence electrons. The SMILES string of the molecule is O=C(O)[C@@H]1C[C@H](O)CN1C(=O)Cc1c[nH]c2ccccc12. The van der Waals surface area contributed by atoms with Crippen LogP contribution in [-0.2, 0) is 16.0 Å². The number of aliphatic hydroxyl groups is 1. The number of rotatable bonds is 3. The summed E-state index contributed by atoms with van der Waals surface area (Å²) >= 11 is 0. The molecule has 1 aliphatic heterocycles. The van der Waals surface area contributed by atoms with Gasteiger partial charge in [-0.2, -0.15) is 0 Å². The number of H-pyrrole nitrogens is 1. The highest BCUT2D eigenvalue weighted by atomic mass is 16.4. The Morgan fingerprint density at radius 2 is 2.10 bits per heavy atom. The molecule has 2 aromatic rings. The summed E-state index contributed by atoms with van der Waals surface area (Å²) in [6, 6.07) is 6.70. The van der Waals surface area contributed by atoms with Crippen LogP contribution in [0.5, 0.6) is 0 Å². The van der Waals surface area contributed by atoms with Crippen molar-refractivity contribution in [3.8, 4) is 0 Å². The Morgan fingerprint density at radius 1 is 1.33 bits per heavy atom. The molecule has 0 spiro atoms. The van der Waals surface area contributed by atoms with E-state index < -0.39 is 18.1 Å². The van der Waals surface area contributed by atoms with E-state index >= 15 is 0 Å². The van der Waals surface area contributed by atoms with E-state index in [0.29, 0.717) is 0 Å².